The fraction of sp³-hybridized carbons (Fsp3) is 0.350. The number of nitrogens with zero attached hydrogens (tertiary/aromatic N) is 5. The van der Waals surface area contributed by atoms with Gasteiger partial charge in [-0.05, 0) is 26.0 Å². The third kappa shape index (κ3) is 4.25. The maximum atomic E-state index is 13.1. The van der Waals surface area contributed by atoms with E-state index in [1.165, 1.54) is 21.6 Å². The van der Waals surface area contributed by atoms with E-state index in [0.717, 1.165) is 16.8 Å². The summed E-state index contributed by atoms with van der Waals surface area (Å²) in [5, 5.41) is 8.96. The first-order valence-electron chi connectivity index (χ1n) is 10.1. The molecule has 3 aromatic rings. The van der Waals surface area contributed by atoms with Gasteiger partial charge < -0.3 is 20.1 Å². The van der Waals surface area contributed by atoms with Crippen LogP contribution in [0, 0.1) is 5.82 Å². The standard InChI is InChI=1S/C20H20F3N7O3/c1-10(2)28-8-12-18(20(28)33)29(9-16(31)26-14-4-3-11(21)6-24-14)17-5-15(25-7-13(22)23)27-30(17)19(12)32/h3-6,10,13H,7-9H2,1-2H3,(H,25,27)(H,24,26,31). The first-order valence-corrected chi connectivity index (χ1v) is 10.1. The van der Waals surface area contributed by atoms with Gasteiger partial charge >= 0.3 is 0 Å². The van der Waals surface area contributed by atoms with E-state index in [1.807, 2.05) is 0 Å². The Morgan fingerprint density at radius 1 is 1.21 bits per heavy atom. The van der Waals surface area contributed by atoms with E-state index in [9.17, 15) is 27.6 Å². The van der Waals surface area contributed by atoms with Gasteiger partial charge in [0.1, 0.15) is 29.5 Å². The molecule has 2 amide bonds. The Balaban J connectivity index is 1.77. The summed E-state index contributed by atoms with van der Waals surface area (Å²) in [5.41, 5.74) is -0.309. The molecule has 0 unspecified atom stereocenters. The van der Waals surface area contributed by atoms with Crippen molar-refractivity contribution in [3.05, 3.63) is 51.8 Å². The SMILES string of the molecule is CC(C)N1Cc2c(n(CC(=O)Nc3ccc(F)cn3)c3cc(NCC(F)F)nn3c2=O)C1=O. The number of nitrogens with one attached hydrogen (secondary N) is 2. The molecule has 33 heavy (non-hydrogen) atoms. The molecule has 1 aliphatic rings. The third-order valence-corrected chi connectivity index (χ3v) is 5.12. The Kier molecular flexibility index (Phi) is 5.78. The largest absolute Gasteiger partial charge is 0.363 e. The molecular weight excluding hydrogens is 443 g/mol. The summed E-state index contributed by atoms with van der Waals surface area (Å²) in [6.07, 6.45) is -1.71. The second-order valence-corrected chi connectivity index (χ2v) is 7.73. The molecular formula is C20H20F3N7O3. The minimum absolute atomic E-state index is 0.00130. The highest BCUT2D eigenvalue weighted by atomic mass is 19.3. The van der Waals surface area contributed by atoms with Crippen LogP contribution >= 0.6 is 0 Å². The Labute approximate surface area is 185 Å². The van der Waals surface area contributed by atoms with Crippen molar-refractivity contribution >= 4 is 29.1 Å². The van der Waals surface area contributed by atoms with Gasteiger partial charge in [-0.1, -0.05) is 0 Å². The van der Waals surface area contributed by atoms with Gasteiger partial charge in [0.15, 0.2) is 5.82 Å². The number of amides is 2. The number of pyridine rings is 1. The summed E-state index contributed by atoms with van der Waals surface area (Å²) >= 11 is 0. The summed E-state index contributed by atoms with van der Waals surface area (Å²) in [6.45, 7) is 2.53. The summed E-state index contributed by atoms with van der Waals surface area (Å²) in [6, 6.07) is 3.51. The average molecular weight is 463 g/mol. The lowest BCUT2D eigenvalue weighted by Gasteiger charge is -2.20. The molecule has 2 N–H and O–H groups in total. The predicted octanol–water partition coefficient (Wildman–Crippen LogP) is 1.71. The topological polar surface area (TPSA) is 114 Å². The van der Waals surface area contributed by atoms with Crippen molar-refractivity contribution in [1.29, 1.82) is 0 Å². The number of hydrogen-bond acceptors (Lipinski definition) is 6. The van der Waals surface area contributed by atoms with Crippen LogP contribution < -0.4 is 16.2 Å². The normalized spacial score (nSPS) is 13.3. The van der Waals surface area contributed by atoms with Crippen LogP contribution in [0.2, 0.25) is 0 Å². The third-order valence-electron chi connectivity index (χ3n) is 5.12. The maximum Gasteiger partial charge on any atom is 0.280 e. The van der Waals surface area contributed by atoms with E-state index >= 15 is 0 Å². The van der Waals surface area contributed by atoms with E-state index in [4.69, 9.17) is 0 Å². The molecule has 0 radical (unpaired) electrons. The first kappa shape index (κ1) is 22.3. The van der Waals surface area contributed by atoms with E-state index in [1.54, 1.807) is 13.8 Å². The van der Waals surface area contributed by atoms with Gasteiger partial charge in [-0.25, -0.2) is 18.2 Å². The average Bonchev–Trinajstić information content (AvgIpc) is 3.33. The number of hydrogen-bond donors (Lipinski definition) is 2. The number of aromatic nitrogens is 4. The summed E-state index contributed by atoms with van der Waals surface area (Å²) in [7, 11) is 0. The van der Waals surface area contributed by atoms with Crippen LogP contribution in [0.1, 0.15) is 29.9 Å². The number of anilines is 2. The zero-order valence-corrected chi connectivity index (χ0v) is 17.7. The van der Waals surface area contributed by atoms with E-state index < -0.39 is 42.7 Å². The van der Waals surface area contributed by atoms with Crippen molar-refractivity contribution in [1.82, 2.24) is 24.1 Å². The lowest BCUT2D eigenvalue weighted by molar-refractivity contribution is -0.116. The van der Waals surface area contributed by atoms with Crippen molar-refractivity contribution in [3.8, 4) is 0 Å². The van der Waals surface area contributed by atoms with E-state index in [0.29, 0.717) is 0 Å². The minimum Gasteiger partial charge on any atom is -0.363 e. The van der Waals surface area contributed by atoms with Crippen molar-refractivity contribution < 1.29 is 22.8 Å². The molecule has 4 rings (SSSR count). The predicted molar refractivity (Wildman–Crippen MR) is 112 cm³/mol. The molecule has 0 spiro atoms. The van der Waals surface area contributed by atoms with Crippen LogP contribution in [-0.4, -0.2) is 54.9 Å². The highest BCUT2D eigenvalue weighted by Gasteiger charge is 2.36. The number of fused-ring (bicyclic) bond motifs is 2. The molecule has 1 aliphatic heterocycles. The van der Waals surface area contributed by atoms with E-state index in [2.05, 4.69) is 20.7 Å². The Bertz CT molecular complexity index is 1280. The van der Waals surface area contributed by atoms with Crippen LogP contribution in [0.15, 0.2) is 29.2 Å². The number of alkyl halides is 2. The van der Waals surface area contributed by atoms with Gasteiger partial charge in [0.25, 0.3) is 17.9 Å². The van der Waals surface area contributed by atoms with E-state index in [-0.39, 0.29) is 41.1 Å². The van der Waals surface area contributed by atoms with Gasteiger partial charge in [0.05, 0.1) is 24.8 Å². The zero-order valence-electron chi connectivity index (χ0n) is 17.7. The zero-order chi connectivity index (χ0) is 23.9. The molecule has 0 fully saturated rings. The highest BCUT2D eigenvalue weighted by molar-refractivity contribution is 5.98. The molecule has 174 valence electrons. The molecule has 0 saturated heterocycles. The summed E-state index contributed by atoms with van der Waals surface area (Å²) < 4.78 is 40.6. The molecule has 0 saturated carbocycles. The molecule has 3 aromatic heterocycles. The minimum atomic E-state index is -2.64. The fourth-order valence-corrected chi connectivity index (χ4v) is 3.61. The molecule has 13 heteroatoms. The second-order valence-electron chi connectivity index (χ2n) is 7.73. The summed E-state index contributed by atoms with van der Waals surface area (Å²) in [5.74, 6) is -1.51. The van der Waals surface area contributed by atoms with Gasteiger partial charge in [0, 0.05) is 12.1 Å². The Morgan fingerprint density at radius 3 is 2.61 bits per heavy atom. The second kappa shape index (κ2) is 8.56. The van der Waals surface area contributed by atoms with Gasteiger partial charge in [0.2, 0.25) is 5.91 Å². The molecule has 4 heterocycles. The van der Waals surface area contributed by atoms with Gasteiger partial charge in [-0.3, -0.25) is 14.4 Å². The number of carbonyl (C=O) groups is 2. The number of halogens is 3. The van der Waals surface area contributed by atoms with Crippen LogP contribution in [0.4, 0.5) is 24.8 Å². The molecule has 0 aromatic carbocycles. The smallest absolute Gasteiger partial charge is 0.280 e. The maximum absolute atomic E-state index is 13.1. The molecule has 0 bridgehead atoms. The quantitative estimate of drug-likeness (QED) is 0.552. The van der Waals surface area contributed by atoms with Gasteiger partial charge in [-0.2, -0.15) is 4.52 Å². The van der Waals surface area contributed by atoms with Crippen LogP contribution in [0.5, 0.6) is 0 Å². The molecule has 10 nitrogen and oxygen atoms in total. The number of rotatable bonds is 7. The van der Waals surface area contributed by atoms with Crippen molar-refractivity contribution in [3.63, 3.8) is 0 Å². The monoisotopic (exact) mass is 463 g/mol. The van der Waals surface area contributed by atoms with Crippen LogP contribution in [-0.2, 0) is 17.9 Å². The van der Waals surface area contributed by atoms with Crippen molar-refractivity contribution in [2.75, 3.05) is 17.2 Å². The molecule has 0 aliphatic carbocycles. The fourth-order valence-electron chi connectivity index (χ4n) is 3.61. The molecule has 0 atom stereocenters. The van der Waals surface area contributed by atoms with Crippen LogP contribution in [0.25, 0.3) is 5.65 Å². The summed E-state index contributed by atoms with van der Waals surface area (Å²) in [4.78, 5) is 44.1. The van der Waals surface area contributed by atoms with Gasteiger partial charge in [-0.15, -0.1) is 5.10 Å². The van der Waals surface area contributed by atoms with Crippen LogP contribution in [0.3, 0.4) is 0 Å². The van der Waals surface area contributed by atoms with Crippen molar-refractivity contribution in [2.45, 2.75) is 39.4 Å². The number of carbonyl (C=O) groups excluding carboxylic acids is 2. The van der Waals surface area contributed by atoms with Crippen molar-refractivity contribution in [2.24, 2.45) is 0 Å². The highest BCUT2D eigenvalue weighted by Crippen LogP contribution is 2.25. The first-order chi connectivity index (χ1) is 15.7. The Morgan fingerprint density at radius 2 is 1.97 bits per heavy atom. The Hall–Kier alpha value is -3.90. The lowest BCUT2D eigenvalue weighted by Crippen LogP contribution is -2.32. The lowest BCUT2D eigenvalue weighted by atomic mass is 10.2.